The van der Waals surface area contributed by atoms with Gasteiger partial charge < -0.3 is 0 Å². The summed E-state index contributed by atoms with van der Waals surface area (Å²) in [4.78, 5) is 0. The van der Waals surface area contributed by atoms with Crippen molar-refractivity contribution in [2.75, 3.05) is 0 Å². The van der Waals surface area contributed by atoms with Gasteiger partial charge in [-0.3, -0.25) is 0 Å². The van der Waals surface area contributed by atoms with E-state index < -0.39 is 9.84 Å². The number of tetrazole rings is 1. The van der Waals surface area contributed by atoms with Gasteiger partial charge in [0.15, 0.2) is 15.7 Å². The quantitative estimate of drug-likeness (QED) is 0.806. The zero-order valence-electron chi connectivity index (χ0n) is 11.7. The fraction of sp³-hybridized carbons (Fsp3) is 0.500. The Morgan fingerprint density at radius 3 is 2.62 bits per heavy atom. The summed E-state index contributed by atoms with van der Waals surface area (Å²) in [5.41, 5.74) is 1.18. The van der Waals surface area contributed by atoms with Gasteiger partial charge in [-0.1, -0.05) is 36.8 Å². The molecule has 0 spiro atoms. The molecule has 0 aliphatic heterocycles. The van der Waals surface area contributed by atoms with Crippen molar-refractivity contribution in [1.82, 2.24) is 20.2 Å². The molecule has 112 valence electrons. The van der Waals surface area contributed by atoms with E-state index in [-0.39, 0.29) is 11.0 Å². The largest absolute Gasteiger partial charge is 0.228 e. The van der Waals surface area contributed by atoms with Crippen molar-refractivity contribution in [2.24, 2.45) is 0 Å². The summed E-state index contributed by atoms with van der Waals surface area (Å²) in [6.07, 6.45) is 3.33. The van der Waals surface area contributed by atoms with Crippen LogP contribution in [0.4, 0.5) is 0 Å². The lowest BCUT2D eigenvalue weighted by Crippen LogP contribution is -2.30. The van der Waals surface area contributed by atoms with E-state index in [1.807, 2.05) is 30.3 Å². The average molecular weight is 306 g/mol. The Hall–Kier alpha value is -1.76. The summed E-state index contributed by atoms with van der Waals surface area (Å²) < 4.78 is 26.0. The second kappa shape index (κ2) is 5.93. The third-order valence-electron chi connectivity index (χ3n) is 3.95. The third-order valence-corrected chi connectivity index (χ3v) is 6.10. The maximum absolute atomic E-state index is 12.2. The van der Waals surface area contributed by atoms with E-state index >= 15 is 0 Å². The first kappa shape index (κ1) is 14.2. The molecule has 1 aliphatic rings. The lowest BCUT2D eigenvalue weighted by molar-refractivity contribution is 0.474. The minimum atomic E-state index is -3.12. The van der Waals surface area contributed by atoms with Gasteiger partial charge in [-0.05, 0) is 35.3 Å². The lowest BCUT2D eigenvalue weighted by Gasteiger charge is -2.24. The van der Waals surface area contributed by atoms with Crippen LogP contribution in [0.25, 0.3) is 0 Å². The first-order chi connectivity index (χ1) is 10.1. The second-order valence-corrected chi connectivity index (χ2v) is 7.70. The smallest absolute Gasteiger partial charge is 0.166 e. The molecule has 0 saturated heterocycles. The van der Waals surface area contributed by atoms with Crippen LogP contribution < -0.4 is 0 Å². The molecular weight excluding hydrogens is 288 g/mol. The third kappa shape index (κ3) is 3.29. The highest BCUT2D eigenvalue weighted by Crippen LogP contribution is 2.28. The predicted molar refractivity (Wildman–Crippen MR) is 78.2 cm³/mol. The van der Waals surface area contributed by atoms with Crippen molar-refractivity contribution in [3.05, 3.63) is 41.7 Å². The van der Waals surface area contributed by atoms with Crippen LogP contribution in [0.2, 0.25) is 0 Å². The van der Waals surface area contributed by atoms with Crippen molar-refractivity contribution < 1.29 is 8.42 Å². The van der Waals surface area contributed by atoms with Crippen molar-refractivity contribution >= 4 is 9.84 Å². The molecular formula is C14H18N4O2S. The molecule has 7 heteroatoms. The van der Waals surface area contributed by atoms with E-state index in [1.165, 1.54) is 5.56 Å². The topological polar surface area (TPSA) is 77.7 Å². The molecule has 1 fully saturated rings. The summed E-state index contributed by atoms with van der Waals surface area (Å²) in [6, 6.07) is 10.0. The molecule has 3 rings (SSSR count). The number of sulfone groups is 1. The maximum Gasteiger partial charge on any atom is 0.166 e. The number of nitrogens with zero attached hydrogens (tertiary/aromatic N) is 4. The SMILES string of the molecule is O=S(=O)(Cc1nnnn1CCc1ccccc1)C1CCC1. The summed E-state index contributed by atoms with van der Waals surface area (Å²) in [7, 11) is -3.12. The Kier molecular flexibility index (Phi) is 4.01. The van der Waals surface area contributed by atoms with Crippen molar-refractivity contribution in [3.63, 3.8) is 0 Å². The summed E-state index contributed by atoms with van der Waals surface area (Å²) in [5, 5.41) is 11.2. The Bertz CT molecular complexity index is 693. The highest BCUT2D eigenvalue weighted by atomic mass is 32.2. The van der Waals surface area contributed by atoms with Crippen LogP contribution in [-0.4, -0.2) is 33.9 Å². The van der Waals surface area contributed by atoms with Gasteiger partial charge >= 0.3 is 0 Å². The van der Waals surface area contributed by atoms with Gasteiger partial charge in [-0.15, -0.1) is 5.10 Å². The van der Waals surface area contributed by atoms with Crippen LogP contribution >= 0.6 is 0 Å². The first-order valence-electron chi connectivity index (χ1n) is 7.16. The van der Waals surface area contributed by atoms with Gasteiger partial charge in [0.05, 0.1) is 5.25 Å². The normalized spacial score (nSPS) is 15.8. The molecule has 6 nitrogen and oxygen atoms in total. The maximum atomic E-state index is 12.2. The molecule has 1 saturated carbocycles. The van der Waals surface area contributed by atoms with Gasteiger partial charge in [-0.25, -0.2) is 13.1 Å². The van der Waals surface area contributed by atoms with E-state index in [4.69, 9.17) is 0 Å². The number of benzene rings is 1. The number of aromatic nitrogens is 4. The molecule has 2 aromatic rings. The van der Waals surface area contributed by atoms with Gasteiger partial charge in [0.2, 0.25) is 0 Å². The molecule has 0 unspecified atom stereocenters. The minimum Gasteiger partial charge on any atom is -0.228 e. The molecule has 1 aromatic heterocycles. The predicted octanol–water partition coefficient (Wildman–Crippen LogP) is 1.38. The van der Waals surface area contributed by atoms with E-state index in [0.29, 0.717) is 12.4 Å². The zero-order chi connectivity index (χ0) is 14.7. The molecule has 0 radical (unpaired) electrons. The van der Waals surface area contributed by atoms with Crippen LogP contribution in [0.1, 0.15) is 30.7 Å². The average Bonchev–Trinajstić information content (AvgIpc) is 2.81. The van der Waals surface area contributed by atoms with E-state index in [9.17, 15) is 8.42 Å². The monoisotopic (exact) mass is 306 g/mol. The van der Waals surface area contributed by atoms with Crippen molar-refractivity contribution in [3.8, 4) is 0 Å². The van der Waals surface area contributed by atoms with E-state index in [1.54, 1.807) is 4.68 Å². The van der Waals surface area contributed by atoms with Crippen molar-refractivity contribution in [1.29, 1.82) is 0 Å². The summed E-state index contributed by atoms with van der Waals surface area (Å²) in [6.45, 7) is 0.590. The lowest BCUT2D eigenvalue weighted by atomic mass is 10.0. The van der Waals surface area contributed by atoms with Gasteiger partial charge in [-0.2, -0.15) is 0 Å². The number of hydrogen-bond acceptors (Lipinski definition) is 5. The highest BCUT2D eigenvalue weighted by molar-refractivity contribution is 7.91. The van der Waals surface area contributed by atoms with Crippen LogP contribution in [0.3, 0.4) is 0 Å². The number of rotatable bonds is 6. The van der Waals surface area contributed by atoms with Crippen LogP contribution in [0.15, 0.2) is 30.3 Å². The van der Waals surface area contributed by atoms with Gasteiger partial charge in [0.1, 0.15) is 5.75 Å². The molecule has 1 heterocycles. The highest BCUT2D eigenvalue weighted by Gasteiger charge is 2.32. The second-order valence-electron chi connectivity index (χ2n) is 5.41. The van der Waals surface area contributed by atoms with Gasteiger partial charge in [0, 0.05) is 6.54 Å². The molecule has 0 bridgehead atoms. The van der Waals surface area contributed by atoms with E-state index in [2.05, 4.69) is 15.5 Å². The molecule has 21 heavy (non-hydrogen) atoms. The summed E-state index contributed by atoms with van der Waals surface area (Å²) in [5.74, 6) is 0.386. The standard InChI is InChI=1S/C14H18N4O2S/c19-21(20,13-7-4-8-13)11-14-15-16-17-18(14)10-9-12-5-2-1-3-6-12/h1-3,5-6,13H,4,7-11H2. The van der Waals surface area contributed by atoms with Crippen LogP contribution in [0.5, 0.6) is 0 Å². The van der Waals surface area contributed by atoms with E-state index in [0.717, 1.165) is 25.7 Å². The first-order valence-corrected chi connectivity index (χ1v) is 8.87. The Labute approximate surface area is 124 Å². The van der Waals surface area contributed by atoms with Gasteiger partial charge in [0.25, 0.3) is 0 Å². The Balaban J connectivity index is 1.66. The zero-order valence-corrected chi connectivity index (χ0v) is 12.5. The molecule has 0 amide bonds. The van der Waals surface area contributed by atoms with Crippen LogP contribution in [-0.2, 0) is 28.6 Å². The minimum absolute atomic E-state index is 0.0561. The molecule has 0 N–H and O–H groups in total. The molecule has 0 atom stereocenters. The number of hydrogen-bond donors (Lipinski definition) is 0. The molecule has 1 aliphatic carbocycles. The van der Waals surface area contributed by atoms with Crippen molar-refractivity contribution in [2.45, 2.75) is 43.2 Å². The number of aryl methyl sites for hydroxylation is 2. The fourth-order valence-corrected chi connectivity index (χ4v) is 4.26. The fourth-order valence-electron chi connectivity index (χ4n) is 2.41. The Morgan fingerprint density at radius 1 is 1.19 bits per heavy atom. The molecule has 1 aromatic carbocycles. The van der Waals surface area contributed by atoms with Crippen LogP contribution in [0, 0.1) is 0 Å². The summed E-state index contributed by atoms with van der Waals surface area (Å²) >= 11 is 0. The Morgan fingerprint density at radius 2 is 1.95 bits per heavy atom.